The quantitative estimate of drug-likeness (QED) is 0.549. The van der Waals surface area contributed by atoms with Crippen LogP contribution in [0.3, 0.4) is 0 Å². The molecule has 2 aromatic rings. The molecule has 2 rings (SSSR count). The first-order chi connectivity index (χ1) is 12.9. The summed E-state index contributed by atoms with van der Waals surface area (Å²) in [5, 5.41) is 3.04. The van der Waals surface area contributed by atoms with Crippen molar-refractivity contribution in [1.29, 1.82) is 0 Å². The van der Waals surface area contributed by atoms with Crippen molar-refractivity contribution in [2.75, 3.05) is 28.3 Å². The molecule has 0 bridgehead atoms. The molecule has 0 radical (unpaired) electrons. The topological polar surface area (TPSA) is 72.1 Å². The predicted octanol–water partition coefficient (Wildman–Crippen LogP) is 2.51. The fourth-order valence-electron chi connectivity index (χ4n) is 2.57. The second kappa shape index (κ2) is 9.78. The van der Waals surface area contributed by atoms with E-state index in [1.807, 2.05) is 43.3 Å². The number of hydrogen-bond acceptors (Lipinski definition) is 4. The molecule has 3 N–H and O–H groups in total. The van der Waals surface area contributed by atoms with Gasteiger partial charge in [-0.05, 0) is 43.4 Å². The Kier molecular flexibility index (Phi) is 7.43. The van der Waals surface area contributed by atoms with Crippen LogP contribution in [0.15, 0.2) is 41.4 Å². The fraction of sp³-hybridized carbons (Fsp3) is 0.350. The Labute approximate surface area is 159 Å². The van der Waals surface area contributed by atoms with Crippen molar-refractivity contribution >= 4 is 5.96 Å². The van der Waals surface area contributed by atoms with E-state index in [1.54, 1.807) is 20.3 Å². The molecule has 0 aliphatic rings. The van der Waals surface area contributed by atoms with Crippen molar-refractivity contribution in [3.63, 3.8) is 0 Å². The maximum atomic E-state index is 14.1. The van der Waals surface area contributed by atoms with Crippen LogP contribution in [0.5, 0.6) is 11.5 Å². The molecule has 0 saturated carbocycles. The highest BCUT2D eigenvalue weighted by atomic mass is 19.1. The largest absolute Gasteiger partial charge is 0.493 e. The Morgan fingerprint density at radius 3 is 2.41 bits per heavy atom. The van der Waals surface area contributed by atoms with Gasteiger partial charge in [0.05, 0.1) is 20.8 Å². The third-order valence-corrected chi connectivity index (χ3v) is 3.96. The molecule has 0 aliphatic heterocycles. The van der Waals surface area contributed by atoms with Gasteiger partial charge in [-0.25, -0.2) is 9.38 Å². The molecule has 146 valence electrons. The number of benzene rings is 2. The highest BCUT2D eigenvalue weighted by Crippen LogP contribution is 2.27. The van der Waals surface area contributed by atoms with Crippen LogP contribution in [0, 0.1) is 5.82 Å². The minimum Gasteiger partial charge on any atom is -0.493 e. The zero-order valence-electron chi connectivity index (χ0n) is 16.3. The molecule has 7 heteroatoms. The summed E-state index contributed by atoms with van der Waals surface area (Å²) < 4.78 is 24.6. The monoisotopic (exact) mass is 374 g/mol. The number of hydrogen-bond donors (Lipinski definition) is 2. The van der Waals surface area contributed by atoms with Crippen molar-refractivity contribution in [1.82, 2.24) is 10.2 Å². The molecule has 6 nitrogen and oxygen atoms in total. The molecule has 0 saturated heterocycles. The molecular weight excluding hydrogens is 347 g/mol. The van der Waals surface area contributed by atoms with Gasteiger partial charge < -0.3 is 25.4 Å². The number of methoxy groups -OCH3 is 2. The molecule has 27 heavy (non-hydrogen) atoms. The summed E-state index contributed by atoms with van der Waals surface area (Å²) in [5.74, 6) is 1.39. The van der Waals surface area contributed by atoms with Crippen molar-refractivity contribution in [2.24, 2.45) is 10.7 Å². The zero-order valence-corrected chi connectivity index (χ0v) is 16.3. The number of ether oxygens (including phenoxy) is 2. The molecule has 0 spiro atoms. The van der Waals surface area contributed by atoms with E-state index in [0.717, 1.165) is 11.1 Å². The first-order valence-corrected chi connectivity index (χ1v) is 8.59. The van der Waals surface area contributed by atoms with Gasteiger partial charge in [0.1, 0.15) is 5.82 Å². The average Bonchev–Trinajstić information content (AvgIpc) is 2.66. The van der Waals surface area contributed by atoms with Crippen molar-refractivity contribution in [3.05, 3.63) is 58.9 Å². The van der Waals surface area contributed by atoms with E-state index >= 15 is 0 Å². The molecule has 0 unspecified atom stereocenters. The first kappa shape index (κ1) is 20.5. The molecule has 0 amide bonds. The van der Waals surface area contributed by atoms with Gasteiger partial charge in [-0.3, -0.25) is 0 Å². The minimum absolute atomic E-state index is 0.228. The molecule has 0 heterocycles. The number of nitrogens with one attached hydrogen (secondary N) is 1. The van der Waals surface area contributed by atoms with E-state index in [2.05, 4.69) is 10.3 Å². The van der Waals surface area contributed by atoms with Gasteiger partial charge in [0, 0.05) is 18.7 Å². The lowest BCUT2D eigenvalue weighted by atomic mass is 10.1. The van der Waals surface area contributed by atoms with Crippen LogP contribution in [0.4, 0.5) is 4.39 Å². The molecule has 0 atom stereocenters. The van der Waals surface area contributed by atoms with E-state index in [9.17, 15) is 4.39 Å². The number of nitrogens with two attached hydrogens (primary N) is 1. The summed E-state index contributed by atoms with van der Waals surface area (Å²) in [7, 11) is 7.00. The second-order valence-corrected chi connectivity index (χ2v) is 6.41. The number of guanidine groups is 1. The van der Waals surface area contributed by atoms with Gasteiger partial charge in [-0.1, -0.05) is 18.2 Å². The van der Waals surface area contributed by atoms with E-state index in [4.69, 9.17) is 15.2 Å². The van der Waals surface area contributed by atoms with Crippen LogP contribution < -0.4 is 20.5 Å². The van der Waals surface area contributed by atoms with Gasteiger partial charge in [-0.2, -0.15) is 0 Å². The SMILES string of the molecule is COc1ccc(CNC(N)=NCc2ccc(CN(C)C)c(F)c2)cc1OC. The summed E-state index contributed by atoms with van der Waals surface area (Å²) in [6.07, 6.45) is 0. The number of nitrogens with zero attached hydrogens (tertiary/aromatic N) is 2. The standard InChI is InChI=1S/C20H27FN4O2/c1-25(2)13-16-7-5-14(9-17(16)21)11-23-20(22)24-12-15-6-8-18(26-3)19(10-15)27-4/h5-10H,11-13H2,1-4H3,(H3,22,23,24). The predicted molar refractivity (Wildman–Crippen MR) is 106 cm³/mol. The van der Waals surface area contributed by atoms with Crippen LogP contribution in [0.25, 0.3) is 0 Å². The van der Waals surface area contributed by atoms with Gasteiger partial charge in [0.25, 0.3) is 0 Å². The highest BCUT2D eigenvalue weighted by molar-refractivity contribution is 5.77. The summed E-state index contributed by atoms with van der Waals surface area (Å²) in [5.41, 5.74) is 8.32. The van der Waals surface area contributed by atoms with Crippen molar-refractivity contribution < 1.29 is 13.9 Å². The normalized spacial score (nSPS) is 11.6. The lowest BCUT2D eigenvalue weighted by Crippen LogP contribution is -2.31. The number of rotatable bonds is 8. The first-order valence-electron chi connectivity index (χ1n) is 8.59. The maximum absolute atomic E-state index is 14.1. The Morgan fingerprint density at radius 2 is 1.78 bits per heavy atom. The minimum atomic E-state index is -0.228. The molecule has 0 aromatic heterocycles. The smallest absolute Gasteiger partial charge is 0.189 e. The van der Waals surface area contributed by atoms with Gasteiger partial charge in [0.2, 0.25) is 0 Å². The third kappa shape index (κ3) is 6.14. The fourth-order valence-corrected chi connectivity index (χ4v) is 2.57. The third-order valence-electron chi connectivity index (χ3n) is 3.96. The van der Waals surface area contributed by atoms with Crippen LogP contribution in [0.2, 0.25) is 0 Å². The molecule has 0 aliphatic carbocycles. The summed E-state index contributed by atoms with van der Waals surface area (Å²) in [6, 6.07) is 10.8. The summed E-state index contributed by atoms with van der Waals surface area (Å²) in [4.78, 5) is 6.19. The number of halogens is 1. The Bertz CT molecular complexity index is 794. The van der Waals surface area contributed by atoms with Gasteiger partial charge >= 0.3 is 0 Å². The molecular formula is C20H27FN4O2. The van der Waals surface area contributed by atoms with Crippen LogP contribution >= 0.6 is 0 Å². The van der Waals surface area contributed by atoms with Crippen LogP contribution in [-0.2, 0) is 19.6 Å². The molecule has 2 aromatic carbocycles. The van der Waals surface area contributed by atoms with E-state index < -0.39 is 0 Å². The number of aliphatic imine (C=N–C) groups is 1. The van der Waals surface area contributed by atoms with Crippen molar-refractivity contribution in [3.8, 4) is 11.5 Å². The Balaban J connectivity index is 1.93. The lowest BCUT2D eigenvalue weighted by molar-refractivity contribution is 0.354. The maximum Gasteiger partial charge on any atom is 0.189 e. The highest BCUT2D eigenvalue weighted by Gasteiger charge is 2.06. The van der Waals surface area contributed by atoms with E-state index in [0.29, 0.717) is 42.7 Å². The summed E-state index contributed by atoms with van der Waals surface area (Å²) >= 11 is 0. The van der Waals surface area contributed by atoms with Crippen LogP contribution in [0.1, 0.15) is 16.7 Å². The van der Waals surface area contributed by atoms with Crippen molar-refractivity contribution in [2.45, 2.75) is 19.6 Å². The Morgan fingerprint density at radius 1 is 1.07 bits per heavy atom. The second-order valence-electron chi connectivity index (χ2n) is 6.41. The van der Waals surface area contributed by atoms with Crippen LogP contribution in [-0.4, -0.2) is 39.2 Å². The summed E-state index contributed by atoms with van der Waals surface area (Å²) in [6.45, 7) is 1.36. The van der Waals surface area contributed by atoms with Gasteiger partial charge in [0.15, 0.2) is 17.5 Å². The Hall–Kier alpha value is -2.80. The zero-order chi connectivity index (χ0) is 19.8. The van der Waals surface area contributed by atoms with E-state index in [-0.39, 0.29) is 5.82 Å². The van der Waals surface area contributed by atoms with E-state index in [1.165, 1.54) is 6.07 Å². The molecule has 0 fully saturated rings. The lowest BCUT2D eigenvalue weighted by Gasteiger charge is -2.11. The average molecular weight is 374 g/mol. The van der Waals surface area contributed by atoms with Gasteiger partial charge in [-0.15, -0.1) is 0 Å².